The van der Waals surface area contributed by atoms with Gasteiger partial charge in [0.1, 0.15) is 5.65 Å². The van der Waals surface area contributed by atoms with E-state index in [1.54, 1.807) is 11.1 Å². The first kappa shape index (κ1) is 18.1. The molecule has 8 nitrogen and oxygen atoms in total. The number of rotatable bonds is 5. The zero-order valence-electron chi connectivity index (χ0n) is 15.8. The van der Waals surface area contributed by atoms with Gasteiger partial charge in [0.05, 0.1) is 23.2 Å². The summed E-state index contributed by atoms with van der Waals surface area (Å²) in [7, 11) is 0. The minimum absolute atomic E-state index is 0.0658. The van der Waals surface area contributed by atoms with Crippen molar-refractivity contribution in [1.29, 1.82) is 0 Å². The summed E-state index contributed by atoms with van der Waals surface area (Å²) >= 11 is 0. The summed E-state index contributed by atoms with van der Waals surface area (Å²) in [6, 6.07) is 7.08. The van der Waals surface area contributed by atoms with Gasteiger partial charge >= 0.3 is 5.69 Å². The number of fused-ring (bicyclic) bond motifs is 1. The van der Waals surface area contributed by atoms with Crippen molar-refractivity contribution >= 4 is 16.9 Å². The predicted octanol–water partition coefficient (Wildman–Crippen LogP) is 1.87. The van der Waals surface area contributed by atoms with E-state index in [1.165, 1.54) is 16.8 Å². The molecule has 0 saturated heterocycles. The molecule has 1 fully saturated rings. The highest BCUT2D eigenvalue weighted by molar-refractivity contribution is 5.96. The van der Waals surface area contributed by atoms with Gasteiger partial charge < -0.3 is 4.90 Å². The standard InChI is InChI=1S/C20H21N5O3/c1-12(2)24(11-14-5-3-4-8-21-14)19(27)13-9-16-17(22-10-13)25(15-6-7-15)20(28)23-18(16)26/h3-5,8-10,12,15H,6-7,11H2,1-2H3,(H,23,26,28). The molecule has 28 heavy (non-hydrogen) atoms. The van der Waals surface area contributed by atoms with E-state index in [9.17, 15) is 14.4 Å². The Morgan fingerprint density at radius 2 is 2.07 bits per heavy atom. The fourth-order valence-electron chi connectivity index (χ4n) is 3.25. The van der Waals surface area contributed by atoms with Crippen LogP contribution >= 0.6 is 0 Å². The molecular formula is C20H21N5O3. The lowest BCUT2D eigenvalue weighted by Crippen LogP contribution is -2.37. The number of pyridine rings is 2. The Balaban J connectivity index is 1.74. The van der Waals surface area contributed by atoms with Crippen LogP contribution in [0.2, 0.25) is 0 Å². The van der Waals surface area contributed by atoms with Crippen LogP contribution in [0.5, 0.6) is 0 Å². The molecule has 3 heterocycles. The average Bonchev–Trinajstić information content (AvgIpc) is 3.51. The van der Waals surface area contributed by atoms with Crippen LogP contribution < -0.4 is 11.2 Å². The number of hydrogen-bond acceptors (Lipinski definition) is 5. The van der Waals surface area contributed by atoms with Crippen LogP contribution in [0.15, 0.2) is 46.2 Å². The Morgan fingerprint density at radius 1 is 1.29 bits per heavy atom. The first-order valence-corrected chi connectivity index (χ1v) is 9.31. The Bertz CT molecular complexity index is 1150. The summed E-state index contributed by atoms with van der Waals surface area (Å²) in [6.45, 7) is 4.20. The number of aromatic amines is 1. The molecule has 1 amide bonds. The zero-order chi connectivity index (χ0) is 19.8. The molecule has 1 saturated carbocycles. The quantitative estimate of drug-likeness (QED) is 0.729. The molecule has 1 aliphatic carbocycles. The molecule has 0 radical (unpaired) electrons. The van der Waals surface area contributed by atoms with Gasteiger partial charge in [-0.15, -0.1) is 0 Å². The molecular weight excluding hydrogens is 358 g/mol. The first-order valence-electron chi connectivity index (χ1n) is 9.31. The number of aromatic nitrogens is 4. The van der Waals surface area contributed by atoms with Gasteiger partial charge in [0.25, 0.3) is 11.5 Å². The number of carbonyl (C=O) groups is 1. The van der Waals surface area contributed by atoms with E-state index in [-0.39, 0.29) is 23.4 Å². The number of H-pyrrole nitrogens is 1. The molecule has 1 aliphatic rings. The molecule has 0 unspecified atom stereocenters. The minimum Gasteiger partial charge on any atom is -0.330 e. The molecule has 1 N–H and O–H groups in total. The summed E-state index contributed by atoms with van der Waals surface area (Å²) < 4.78 is 1.51. The average molecular weight is 379 g/mol. The number of amides is 1. The lowest BCUT2D eigenvalue weighted by atomic mass is 10.1. The Morgan fingerprint density at radius 3 is 2.71 bits per heavy atom. The van der Waals surface area contributed by atoms with E-state index in [1.807, 2.05) is 32.0 Å². The molecule has 0 aliphatic heterocycles. The van der Waals surface area contributed by atoms with Crippen molar-refractivity contribution in [3.8, 4) is 0 Å². The molecule has 144 valence electrons. The normalized spacial score (nSPS) is 13.8. The summed E-state index contributed by atoms with van der Waals surface area (Å²) in [4.78, 5) is 50.2. The van der Waals surface area contributed by atoms with Crippen molar-refractivity contribution < 1.29 is 4.79 Å². The molecule has 8 heteroatoms. The van der Waals surface area contributed by atoms with E-state index in [2.05, 4.69) is 15.0 Å². The third kappa shape index (κ3) is 3.33. The lowest BCUT2D eigenvalue weighted by Gasteiger charge is -2.26. The number of carbonyl (C=O) groups excluding carboxylic acids is 1. The van der Waals surface area contributed by atoms with Crippen molar-refractivity contribution in [1.82, 2.24) is 24.4 Å². The third-order valence-electron chi connectivity index (χ3n) is 4.88. The van der Waals surface area contributed by atoms with Crippen LogP contribution in [0.1, 0.15) is 48.8 Å². The highest BCUT2D eigenvalue weighted by atomic mass is 16.2. The highest BCUT2D eigenvalue weighted by Gasteiger charge is 2.28. The van der Waals surface area contributed by atoms with Crippen molar-refractivity contribution in [2.45, 2.75) is 45.3 Å². The van der Waals surface area contributed by atoms with Gasteiger partial charge in [0.15, 0.2) is 0 Å². The Hall–Kier alpha value is -3.29. The second-order valence-corrected chi connectivity index (χ2v) is 7.30. The summed E-state index contributed by atoms with van der Waals surface area (Å²) in [5, 5.41) is 0.249. The number of nitrogens with one attached hydrogen (secondary N) is 1. The van der Waals surface area contributed by atoms with Crippen molar-refractivity contribution in [2.24, 2.45) is 0 Å². The van der Waals surface area contributed by atoms with Crippen LogP contribution in [0, 0.1) is 0 Å². The number of hydrogen-bond donors (Lipinski definition) is 1. The second kappa shape index (κ2) is 7.03. The maximum atomic E-state index is 13.1. The first-order chi connectivity index (χ1) is 13.5. The van der Waals surface area contributed by atoms with Crippen LogP contribution in [0.3, 0.4) is 0 Å². The molecule has 4 rings (SSSR count). The Kier molecular flexibility index (Phi) is 4.54. The van der Waals surface area contributed by atoms with Gasteiger partial charge in [-0.3, -0.25) is 24.1 Å². The summed E-state index contributed by atoms with van der Waals surface area (Å²) in [5.41, 5.74) is 0.432. The van der Waals surface area contributed by atoms with Crippen molar-refractivity contribution in [3.05, 3.63) is 68.8 Å². The summed E-state index contributed by atoms with van der Waals surface area (Å²) in [6.07, 6.45) is 4.89. The van der Waals surface area contributed by atoms with E-state index in [0.717, 1.165) is 18.5 Å². The maximum absolute atomic E-state index is 13.1. The topological polar surface area (TPSA) is 101 Å². The van der Waals surface area contributed by atoms with Crippen molar-refractivity contribution in [2.75, 3.05) is 0 Å². The monoisotopic (exact) mass is 379 g/mol. The highest BCUT2D eigenvalue weighted by Crippen LogP contribution is 2.34. The Labute approximate surface area is 160 Å². The second-order valence-electron chi connectivity index (χ2n) is 7.30. The van der Waals surface area contributed by atoms with E-state index < -0.39 is 11.2 Å². The van der Waals surface area contributed by atoms with Gasteiger partial charge in [-0.1, -0.05) is 6.07 Å². The fourth-order valence-corrected chi connectivity index (χ4v) is 3.25. The zero-order valence-corrected chi connectivity index (χ0v) is 15.8. The molecule has 0 aromatic carbocycles. The van der Waals surface area contributed by atoms with Crippen LogP contribution in [-0.4, -0.2) is 36.4 Å². The van der Waals surface area contributed by atoms with Crippen molar-refractivity contribution in [3.63, 3.8) is 0 Å². The van der Waals surface area contributed by atoms with Gasteiger partial charge in [0.2, 0.25) is 0 Å². The third-order valence-corrected chi connectivity index (χ3v) is 4.88. The van der Waals surface area contributed by atoms with E-state index >= 15 is 0 Å². The molecule has 3 aromatic rings. The molecule has 0 atom stereocenters. The van der Waals surface area contributed by atoms with Crippen LogP contribution in [0.4, 0.5) is 0 Å². The molecule has 0 spiro atoms. The van der Waals surface area contributed by atoms with Crippen LogP contribution in [-0.2, 0) is 6.54 Å². The van der Waals surface area contributed by atoms with Gasteiger partial charge in [-0.2, -0.15) is 0 Å². The van der Waals surface area contributed by atoms with E-state index in [4.69, 9.17) is 0 Å². The minimum atomic E-state index is -0.528. The predicted molar refractivity (Wildman–Crippen MR) is 104 cm³/mol. The number of nitrogens with zero attached hydrogens (tertiary/aromatic N) is 4. The smallest absolute Gasteiger partial charge is 0.330 e. The fraction of sp³-hybridized carbons (Fsp3) is 0.350. The van der Waals surface area contributed by atoms with E-state index in [0.29, 0.717) is 17.8 Å². The SMILES string of the molecule is CC(C)N(Cc1ccccn1)C(=O)c1cnc2c(c1)c(=O)[nH]c(=O)n2C1CC1. The summed E-state index contributed by atoms with van der Waals surface area (Å²) in [5.74, 6) is -0.237. The maximum Gasteiger partial charge on any atom is 0.330 e. The molecule has 3 aromatic heterocycles. The lowest BCUT2D eigenvalue weighted by molar-refractivity contribution is 0.0687. The van der Waals surface area contributed by atoms with Gasteiger partial charge in [-0.05, 0) is 44.9 Å². The van der Waals surface area contributed by atoms with Crippen LogP contribution in [0.25, 0.3) is 11.0 Å². The largest absolute Gasteiger partial charge is 0.330 e. The van der Waals surface area contributed by atoms with Gasteiger partial charge in [0, 0.05) is 24.5 Å². The molecule has 0 bridgehead atoms. The van der Waals surface area contributed by atoms with Gasteiger partial charge in [-0.25, -0.2) is 9.78 Å².